The Morgan fingerprint density at radius 2 is 1.90 bits per heavy atom. The lowest BCUT2D eigenvalue weighted by atomic mass is 10.2. The molecule has 0 bridgehead atoms. The van der Waals surface area contributed by atoms with Crippen LogP contribution < -0.4 is 10.2 Å². The van der Waals surface area contributed by atoms with Gasteiger partial charge in [-0.1, -0.05) is 23.7 Å². The first kappa shape index (κ1) is 20.9. The quantitative estimate of drug-likeness (QED) is 0.396. The van der Waals surface area contributed by atoms with Gasteiger partial charge in [0, 0.05) is 30.9 Å². The van der Waals surface area contributed by atoms with Crippen molar-refractivity contribution < 1.29 is 9.72 Å². The van der Waals surface area contributed by atoms with E-state index >= 15 is 0 Å². The average Bonchev–Trinajstić information content (AvgIpc) is 3.04. The summed E-state index contributed by atoms with van der Waals surface area (Å²) < 4.78 is 0. The highest BCUT2D eigenvalue weighted by atomic mass is 35.5. The third-order valence-corrected chi connectivity index (χ3v) is 5.55. The predicted octanol–water partition coefficient (Wildman–Crippen LogP) is 4.99. The Kier molecular flexibility index (Phi) is 6.56. The minimum atomic E-state index is -0.527. The first-order chi connectivity index (χ1) is 13.9. The molecule has 1 heterocycles. The highest BCUT2D eigenvalue weighted by Gasteiger charge is 2.24. The van der Waals surface area contributed by atoms with Gasteiger partial charge in [0.25, 0.3) is 11.6 Å². The SMILES string of the molecule is CCN(CC)c1ccc(/C=C2/SC(=Nc3ccc([N+](=O)[O-])cc3Cl)NC2=O)cc1. The number of amides is 1. The van der Waals surface area contributed by atoms with E-state index in [1.807, 2.05) is 24.3 Å². The van der Waals surface area contributed by atoms with Gasteiger partial charge in [0.15, 0.2) is 5.17 Å². The number of rotatable bonds is 6. The van der Waals surface area contributed by atoms with Crippen molar-refractivity contribution in [1.29, 1.82) is 0 Å². The molecule has 0 atom stereocenters. The number of nitrogens with zero attached hydrogens (tertiary/aromatic N) is 3. The minimum absolute atomic E-state index is 0.115. The minimum Gasteiger partial charge on any atom is -0.372 e. The molecule has 1 aliphatic rings. The number of halogens is 1. The molecule has 0 aromatic heterocycles. The summed E-state index contributed by atoms with van der Waals surface area (Å²) in [4.78, 5) is 29.6. The fraction of sp³-hybridized carbons (Fsp3) is 0.200. The number of non-ortho nitro benzene ring substituents is 1. The molecule has 2 aromatic carbocycles. The number of carbonyl (C=O) groups excluding carboxylic acids is 1. The van der Waals surface area contributed by atoms with Crippen LogP contribution in [-0.4, -0.2) is 29.1 Å². The van der Waals surface area contributed by atoms with Gasteiger partial charge in [-0.2, -0.15) is 0 Å². The smallest absolute Gasteiger partial charge is 0.271 e. The molecule has 0 spiro atoms. The van der Waals surface area contributed by atoms with Crippen LogP contribution in [0.25, 0.3) is 6.08 Å². The fourth-order valence-corrected chi connectivity index (χ4v) is 3.86. The normalized spacial score (nSPS) is 16.3. The van der Waals surface area contributed by atoms with Gasteiger partial charge in [-0.05, 0) is 55.4 Å². The Balaban J connectivity index is 1.78. The zero-order valence-electron chi connectivity index (χ0n) is 15.9. The molecule has 0 saturated carbocycles. The monoisotopic (exact) mass is 430 g/mol. The Bertz CT molecular complexity index is 1000. The maximum atomic E-state index is 12.3. The molecule has 0 aliphatic carbocycles. The number of hydrogen-bond donors (Lipinski definition) is 1. The molecule has 1 saturated heterocycles. The Morgan fingerprint density at radius 1 is 1.21 bits per heavy atom. The summed E-state index contributed by atoms with van der Waals surface area (Å²) in [5.41, 5.74) is 2.28. The van der Waals surface area contributed by atoms with Crippen LogP contribution in [-0.2, 0) is 4.79 Å². The largest absolute Gasteiger partial charge is 0.372 e. The van der Waals surface area contributed by atoms with E-state index in [1.54, 1.807) is 6.08 Å². The molecule has 1 N–H and O–H groups in total. The van der Waals surface area contributed by atoms with Gasteiger partial charge in [0.1, 0.15) is 0 Å². The molecule has 1 fully saturated rings. The summed E-state index contributed by atoms with van der Waals surface area (Å²) in [5.74, 6) is -0.250. The summed E-state index contributed by atoms with van der Waals surface area (Å²) in [6.07, 6.45) is 1.80. The molecule has 1 aliphatic heterocycles. The Morgan fingerprint density at radius 3 is 2.48 bits per heavy atom. The number of thioether (sulfide) groups is 1. The number of anilines is 1. The van der Waals surface area contributed by atoms with Crippen LogP contribution in [0, 0.1) is 10.1 Å². The van der Waals surface area contributed by atoms with E-state index in [0.29, 0.717) is 15.8 Å². The van der Waals surface area contributed by atoms with Crippen molar-refractivity contribution in [2.24, 2.45) is 4.99 Å². The highest BCUT2D eigenvalue weighted by molar-refractivity contribution is 8.18. The second kappa shape index (κ2) is 9.11. The second-order valence-electron chi connectivity index (χ2n) is 6.14. The summed E-state index contributed by atoms with van der Waals surface area (Å²) in [6, 6.07) is 12.0. The maximum Gasteiger partial charge on any atom is 0.271 e. The molecule has 29 heavy (non-hydrogen) atoms. The van der Waals surface area contributed by atoms with Crippen molar-refractivity contribution in [1.82, 2.24) is 5.32 Å². The number of hydrogen-bond acceptors (Lipinski definition) is 6. The fourth-order valence-electron chi connectivity index (χ4n) is 2.81. The van der Waals surface area contributed by atoms with Gasteiger partial charge in [0.2, 0.25) is 0 Å². The molecule has 2 aromatic rings. The molecule has 0 radical (unpaired) electrons. The zero-order valence-corrected chi connectivity index (χ0v) is 17.5. The standard InChI is InChI=1S/C20H19ClN4O3S/c1-3-24(4-2)14-7-5-13(6-8-14)11-18-19(26)23-20(29-18)22-17-10-9-15(25(27)28)12-16(17)21/h5-12H,3-4H2,1-2H3,(H,22,23,26)/b18-11+. The van der Waals surface area contributed by atoms with E-state index in [0.717, 1.165) is 24.3 Å². The number of carbonyl (C=O) groups is 1. The summed E-state index contributed by atoms with van der Waals surface area (Å²) in [5, 5.41) is 14.0. The number of aliphatic imine (C=N–C) groups is 1. The molecular weight excluding hydrogens is 412 g/mol. The van der Waals surface area contributed by atoms with E-state index < -0.39 is 4.92 Å². The van der Waals surface area contributed by atoms with E-state index in [-0.39, 0.29) is 16.6 Å². The average molecular weight is 431 g/mol. The van der Waals surface area contributed by atoms with Gasteiger partial charge in [-0.15, -0.1) is 0 Å². The van der Waals surface area contributed by atoms with Crippen molar-refractivity contribution in [2.75, 3.05) is 18.0 Å². The van der Waals surface area contributed by atoms with Crippen molar-refractivity contribution in [3.05, 3.63) is 68.1 Å². The van der Waals surface area contributed by atoms with Crippen LogP contribution in [0.4, 0.5) is 17.1 Å². The second-order valence-corrected chi connectivity index (χ2v) is 7.58. The Hall–Kier alpha value is -2.84. The Labute approximate surface area is 177 Å². The van der Waals surface area contributed by atoms with E-state index in [2.05, 4.69) is 29.1 Å². The third kappa shape index (κ3) is 4.96. The van der Waals surface area contributed by atoms with Crippen molar-refractivity contribution in [3.63, 3.8) is 0 Å². The summed E-state index contributed by atoms with van der Waals surface area (Å²) >= 11 is 7.26. The molecule has 9 heteroatoms. The molecule has 7 nitrogen and oxygen atoms in total. The number of benzene rings is 2. The van der Waals surface area contributed by atoms with Crippen LogP contribution in [0.3, 0.4) is 0 Å². The topological polar surface area (TPSA) is 87.8 Å². The van der Waals surface area contributed by atoms with Gasteiger partial charge in [-0.3, -0.25) is 14.9 Å². The van der Waals surface area contributed by atoms with Crippen LogP contribution >= 0.6 is 23.4 Å². The molecular formula is C20H19ClN4O3S. The highest BCUT2D eigenvalue weighted by Crippen LogP contribution is 2.33. The van der Waals surface area contributed by atoms with Gasteiger partial charge in [0.05, 0.1) is 20.5 Å². The summed E-state index contributed by atoms with van der Waals surface area (Å²) in [6.45, 7) is 6.08. The first-order valence-corrected chi connectivity index (χ1v) is 10.2. The van der Waals surface area contributed by atoms with E-state index in [1.165, 1.54) is 30.0 Å². The van der Waals surface area contributed by atoms with Crippen LogP contribution in [0.2, 0.25) is 5.02 Å². The lowest BCUT2D eigenvalue weighted by Crippen LogP contribution is -2.21. The summed E-state index contributed by atoms with van der Waals surface area (Å²) in [7, 11) is 0. The van der Waals surface area contributed by atoms with Crippen LogP contribution in [0.15, 0.2) is 52.4 Å². The molecule has 150 valence electrons. The van der Waals surface area contributed by atoms with Crippen LogP contribution in [0.5, 0.6) is 0 Å². The van der Waals surface area contributed by atoms with Crippen LogP contribution in [0.1, 0.15) is 19.4 Å². The first-order valence-electron chi connectivity index (χ1n) is 8.99. The maximum absolute atomic E-state index is 12.3. The molecule has 1 amide bonds. The third-order valence-electron chi connectivity index (χ3n) is 4.33. The van der Waals surface area contributed by atoms with Crippen molar-refractivity contribution in [2.45, 2.75) is 13.8 Å². The lowest BCUT2D eigenvalue weighted by Gasteiger charge is -2.20. The van der Waals surface area contributed by atoms with E-state index in [9.17, 15) is 14.9 Å². The number of amidine groups is 1. The zero-order chi connectivity index (χ0) is 21.0. The number of nitro benzene ring substituents is 1. The van der Waals surface area contributed by atoms with Crippen molar-refractivity contribution in [3.8, 4) is 0 Å². The van der Waals surface area contributed by atoms with Gasteiger partial charge < -0.3 is 10.2 Å². The molecule has 0 unspecified atom stereocenters. The number of nitrogens with one attached hydrogen (secondary N) is 1. The van der Waals surface area contributed by atoms with Crippen molar-refractivity contribution >= 4 is 57.6 Å². The number of nitro groups is 1. The van der Waals surface area contributed by atoms with E-state index in [4.69, 9.17) is 11.6 Å². The van der Waals surface area contributed by atoms with Gasteiger partial charge in [-0.25, -0.2) is 4.99 Å². The molecule has 3 rings (SSSR count). The lowest BCUT2D eigenvalue weighted by molar-refractivity contribution is -0.384. The van der Waals surface area contributed by atoms with Gasteiger partial charge >= 0.3 is 0 Å². The predicted molar refractivity (Wildman–Crippen MR) is 119 cm³/mol.